The van der Waals surface area contributed by atoms with E-state index >= 15 is 0 Å². The largest absolute Gasteiger partial charge is 0.554 e. The van der Waals surface area contributed by atoms with Gasteiger partial charge in [-0.15, -0.1) is 5.01 Å². The van der Waals surface area contributed by atoms with Crippen LogP contribution in [0, 0.1) is 0 Å². The van der Waals surface area contributed by atoms with Gasteiger partial charge in [-0.3, -0.25) is 4.99 Å². The van der Waals surface area contributed by atoms with Crippen LogP contribution in [0.15, 0.2) is 4.99 Å². The second-order valence-corrected chi connectivity index (χ2v) is 9.88. The molecule has 1 heterocycles. The summed E-state index contributed by atoms with van der Waals surface area (Å²) in [6, 6.07) is 0. The van der Waals surface area contributed by atoms with Crippen molar-refractivity contribution in [1.82, 2.24) is 5.01 Å². The van der Waals surface area contributed by atoms with E-state index in [1.165, 1.54) is 5.01 Å². The molecule has 1 aliphatic rings. The van der Waals surface area contributed by atoms with Crippen molar-refractivity contribution in [3.05, 3.63) is 0 Å². The zero-order chi connectivity index (χ0) is 20.9. The fourth-order valence-corrected chi connectivity index (χ4v) is 5.19. The standard InChI is InChI=1S/C15H24Cl4N3O4S/c1-5-21(12(23)25-7-3)22(6-2,13(24)26-8-4)27-11-15(18,19)9-14(16,17)10-20-11/h5-10H2,1-4H3/q+1. The van der Waals surface area contributed by atoms with Crippen LogP contribution < -0.4 is 0 Å². The van der Waals surface area contributed by atoms with E-state index in [0.29, 0.717) is 0 Å². The molecule has 1 atom stereocenters. The molecule has 0 aromatic carbocycles. The van der Waals surface area contributed by atoms with Crippen LogP contribution in [0.2, 0.25) is 0 Å². The van der Waals surface area contributed by atoms with Crippen molar-refractivity contribution in [2.24, 2.45) is 4.99 Å². The number of rotatable bonds is 4. The van der Waals surface area contributed by atoms with Gasteiger partial charge in [0.1, 0.15) is 10.9 Å². The van der Waals surface area contributed by atoms with Crippen LogP contribution in [-0.4, -0.2) is 67.8 Å². The highest BCUT2D eigenvalue weighted by Gasteiger charge is 2.55. The Morgan fingerprint density at radius 1 is 1.15 bits per heavy atom. The molecule has 0 radical (unpaired) electrons. The molecule has 1 rings (SSSR count). The molecule has 1 unspecified atom stereocenters. The first-order chi connectivity index (χ1) is 12.5. The number of hydrogen-bond donors (Lipinski definition) is 0. The predicted molar refractivity (Wildman–Crippen MR) is 111 cm³/mol. The molecular weight excluding hydrogens is 460 g/mol. The number of carbonyl (C=O) groups is 2. The van der Waals surface area contributed by atoms with Crippen molar-refractivity contribution in [2.75, 3.05) is 32.8 Å². The minimum Gasteiger partial charge on any atom is -0.447 e. The van der Waals surface area contributed by atoms with Gasteiger partial charge in [-0.05, 0) is 27.7 Å². The van der Waals surface area contributed by atoms with Crippen molar-refractivity contribution in [3.63, 3.8) is 0 Å². The Kier molecular flexibility index (Phi) is 9.30. The second kappa shape index (κ2) is 10.1. The average Bonchev–Trinajstić information content (AvgIpc) is 2.55. The topological polar surface area (TPSA) is 68.2 Å². The number of ether oxygens (including phenoxy) is 2. The van der Waals surface area contributed by atoms with Gasteiger partial charge in [0.05, 0.1) is 26.3 Å². The SMILES string of the molecule is CCOC(=O)N(CC)[N+](CC)(SC1=NCC(Cl)(Cl)CC1(Cl)Cl)C(=O)OCC. The third-order valence-electron chi connectivity index (χ3n) is 3.63. The van der Waals surface area contributed by atoms with Crippen molar-refractivity contribution >= 4 is 75.6 Å². The third-order valence-corrected chi connectivity index (χ3v) is 6.55. The van der Waals surface area contributed by atoms with E-state index in [1.54, 1.807) is 27.7 Å². The molecule has 0 saturated carbocycles. The molecule has 12 heteroatoms. The van der Waals surface area contributed by atoms with E-state index in [1.807, 2.05) is 0 Å². The Hall–Kier alpha value is -0.120. The molecule has 0 saturated heterocycles. The molecular formula is C15H24Cl4N3O4S+. The van der Waals surface area contributed by atoms with Gasteiger partial charge in [-0.25, -0.2) is 4.79 Å². The van der Waals surface area contributed by atoms with Gasteiger partial charge in [0.2, 0.25) is 0 Å². The van der Waals surface area contributed by atoms with Gasteiger partial charge < -0.3 is 9.47 Å². The van der Waals surface area contributed by atoms with E-state index in [-0.39, 0.29) is 44.3 Å². The molecule has 0 N–H and O–H groups in total. The summed E-state index contributed by atoms with van der Waals surface area (Å²) in [6.45, 7) is 7.48. The smallest absolute Gasteiger partial charge is 0.447 e. The minimum absolute atomic E-state index is 0.0100. The monoisotopic (exact) mass is 482 g/mol. The first kappa shape index (κ1) is 24.9. The molecule has 0 aliphatic carbocycles. The van der Waals surface area contributed by atoms with Crippen LogP contribution in [0.3, 0.4) is 0 Å². The number of nitrogens with zero attached hydrogens (tertiary/aromatic N) is 3. The molecule has 0 bridgehead atoms. The van der Waals surface area contributed by atoms with E-state index in [4.69, 9.17) is 55.9 Å². The highest BCUT2D eigenvalue weighted by atomic mass is 35.5. The van der Waals surface area contributed by atoms with Gasteiger partial charge >= 0.3 is 12.2 Å². The number of aliphatic imine (C=N–C) groups is 1. The molecule has 0 spiro atoms. The Balaban J connectivity index is 3.39. The number of carbonyl (C=O) groups excluding carboxylic acids is 2. The number of alkyl halides is 4. The number of hydrogen-bond acceptors (Lipinski definition) is 6. The van der Waals surface area contributed by atoms with Crippen LogP contribution in [0.5, 0.6) is 0 Å². The molecule has 7 nitrogen and oxygen atoms in total. The van der Waals surface area contributed by atoms with E-state index in [0.717, 1.165) is 11.9 Å². The molecule has 27 heavy (non-hydrogen) atoms. The zero-order valence-corrected chi connectivity index (χ0v) is 19.5. The lowest BCUT2D eigenvalue weighted by molar-refractivity contribution is -0.834. The van der Waals surface area contributed by atoms with Crippen molar-refractivity contribution in [1.29, 1.82) is 0 Å². The van der Waals surface area contributed by atoms with Crippen molar-refractivity contribution in [3.8, 4) is 0 Å². The lowest BCUT2D eigenvalue weighted by atomic mass is 10.2. The maximum atomic E-state index is 12.9. The van der Waals surface area contributed by atoms with Gasteiger partial charge in [-0.1, -0.05) is 50.4 Å². The van der Waals surface area contributed by atoms with Crippen molar-refractivity contribution in [2.45, 2.75) is 42.8 Å². The maximum Gasteiger partial charge on any atom is 0.554 e. The maximum absolute atomic E-state index is 12.9. The summed E-state index contributed by atoms with van der Waals surface area (Å²) in [6.07, 6.45) is -1.33. The Morgan fingerprint density at radius 2 is 1.74 bits per heavy atom. The first-order valence-electron chi connectivity index (χ1n) is 8.50. The normalized spacial score (nSPS) is 20.2. The van der Waals surface area contributed by atoms with Gasteiger partial charge in [0.15, 0.2) is 21.3 Å². The molecule has 156 valence electrons. The second-order valence-electron chi connectivity index (χ2n) is 5.58. The highest BCUT2D eigenvalue weighted by Crippen LogP contribution is 2.47. The van der Waals surface area contributed by atoms with E-state index in [9.17, 15) is 9.59 Å². The highest BCUT2D eigenvalue weighted by molar-refractivity contribution is 8.09. The zero-order valence-electron chi connectivity index (χ0n) is 15.6. The molecule has 0 fully saturated rings. The lowest BCUT2D eigenvalue weighted by Crippen LogP contribution is -2.62. The lowest BCUT2D eigenvalue weighted by Gasteiger charge is -2.40. The fraction of sp³-hybridized carbons (Fsp3) is 0.800. The van der Waals surface area contributed by atoms with E-state index < -0.39 is 24.9 Å². The summed E-state index contributed by atoms with van der Waals surface area (Å²) in [7, 11) is 0. The molecule has 1 aliphatic heterocycles. The summed E-state index contributed by atoms with van der Waals surface area (Å²) in [5.74, 6) is 0. The first-order valence-corrected chi connectivity index (χ1v) is 10.8. The summed E-state index contributed by atoms with van der Waals surface area (Å²) in [4.78, 5) is 29.7. The van der Waals surface area contributed by atoms with Crippen LogP contribution in [0.4, 0.5) is 9.59 Å². The Bertz CT molecular complexity index is 591. The number of halogens is 4. The summed E-state index contributed by atoms with van der Waals surface area (Å²) < 4.78 is 7.00. The predicted octanol–water partition coefficient (Wildman–Crippen LogP) is 5.17. The third kappa shape index (κ3) is 5.93. The van der Waals surface area contributed by atoms with Gasteiger partial charge in [-0.2, -0.15) is 4.79 Å². The quantitative estimate of drug-likeness (QED) is 0.238. The van der Waals surface area contributed by atoms with Crippen LogP contribution in [-0.2, 0) is 9.47 Å². The molecule has 0 aromatic heterocycles. The van der Waals surface area contributed by atoms with Crippen LogP contribution >= 0.6 is 58.4 Å². The summed E-state index contributed by atoms with van der Waals surface area (Å²) in [5.41, 5.74) is 0. The average molecular weight is 484 g/mol. The fourth-order valence-electron chi connectivity index (χ4n) is 2.46. The summed E-state index contributed by atoms with van der Waals surface area (Å²) in [5, 5.41) is 1.46. The van der Waals surface area contributed by atoms with Gasteiger partial charge in [0.25, 0.3) is 0 Å². The van der Waals surface area contributed by atoms with Crippen LogP contribution in [0.1, 0.15) is 34.1 Å². The molecule has 2 amide bonds. The summed E-state index contributed by atoms with van der Waals surface area (Å²) >= 11 is 26.0. The Morgan fingerprint density at radius 3 is 2.19 bits per heavy atom. The number of amides is 2. The number of quaternary nitrogens is 1. The Labute approximate surface area is 183 Å². The van der Waals surface area contributed by atoms with Crippen molar-refractivity contribution < 1.29 is 23.1 Å². The van der Waals surface area contributed by atoms with Gasteiger partial charge in [0, 0.05) is 6.42 Å². The van der Waals surface area contributed by atoms with E-state index in [2.05, 4.69) is 4.99 Å². The molecule has 0 aromatic rings. The van der Waals surface area contributed by atoms with Crippen LogP contribution in [0.25, 0.3) is 0 Å². The minimum atomic E-state index is -1.52.